The molecule has 2 aromatic rings. The molecule has 0 bridgehead atoms. The molecule has 1 atom stereocenters. The second kappa shape index (κ2) is 4.75. The Kier molecular flexibility index (Phi) is 3.33. The van der Waals surface area contributed by atoms with Crippen LogP contribution >= 0.6 is 0 Å². The minimum atomic E-state index is -0.0418. The summed E-state index contributed by atoms with van der Waals surface area (Å²) in [7, 11) is 0. The highest BCUT2D eigenvalue weighted by Gasteiger charge is 2.13. The average Bonchev–Trinajstić information content (AvgIpc) is 2.84. The van der Waals surface area contributed by atoms with Crippen molar-refractivity contribution in [3.05, 3.63) is 29.9 Å². The van der Waals surface area contributed by atoms with Crippen LogP contribution in [-0.4, -0.2) is 9.97 Å². The summed E-state index contributed by atoms with van der Waals surface area (Å²) < 4.78 is 5.53. The molecule has 17 heavy (non-hydrogen) atoms. The van der Waals surface area contributed by atoms with Gasteiger partial charge in [0.15, 0.2) is 5.76 Å². The lowest BCUT2D eigenvalue weighted by Crippen LogP contribution is -2.14. The van der Waals surface area contributed by atoms with Crippen LogP contribution in [0.3, 0.4) is 0 Å². The van der Waals surface area contributed by atoms with Crippen LogP contribution < -0.4 is 5.73 Å². The molecule has 0 fully saturated rings. The number of nitrogens with zero attached hydrogens (tertiary/aromatic N) is 1. The quantitative estimate of drug-likeness (QED) is 0.852. The molecule has 4 nitrogen and oxygen atoms in total. The number of imidazole rings is 1. The zero-order chi connectivity index (χ0) is 12.4. The van der Waals surface area contributed by atoms with E-state index in [1.165, 1.54) is 0 Å². The molecule has 2 heterocycles. The van der Waals surface area contributed by atoms with E-state index in [0.717, 1.165) is 29.5 Å². The molecule has 0 aliphatic heterocycles. The molecule has 0 aromatic carbocycles. The fraction of sp³-hybridized carbons (Fsp3) is 0.462. The van der Waals surface area contributed by atoms with E-state index in [9.17, 15) is 0 Å². The first-order chi connectivity index (χ1) is 8.06. The van der Waals surface area contributed by atoms with Crippen molar-refractivity contribution in [2.75, 3.05) is 0 Å². The second-order valence-corrected chi connectivity index (χ2v) is 4.83. The molecule has 0 amide bonds. The van der Waals surface area contributed by atoms with Crippen LogP contribution in [0.5, 0.6) is 0 Å². The zero-order valence-corrected chi connectivity index (χ0v) is 10.5. The monoisotopic (exact) mass is 233 g/mol. The molecule has 4 heteroatoms. The second-order valence-electron chi connectivity index (χ2n) is 4.83. The highest BCUT2D eigenvalue weighted by Crippen LogP contribution is 2.22. The van der Waals surface area contributed by atoms with Crippen molar-refractivity contribution in [2.45, 2.75) is 33.2 Å². The third kappa shape index (κ3) is 2.77. The van der Waals surface area contributed by atoms with Gasteiger partial charge in [0.2, 0.25) is 0 Å². The zero-order valence-electron chi connectivity index (χ0n) is 10.5. The van der Waals surface area contributed by atoms with Gasteiger partial charge in [0.25, 0.3) is 0 Å². The van der Waals surface area contributed by atoms with Gasteiger partial charge < -0.3 is 15.1 Å². The number of rotatable bonds is 4. The number of aromatic nitrogens is 2. The molecule has 1 unspecified atom stereocenters. The highest BCUT2D eigenvalue weighted by atomic mass is 16.3. The number of nitrogens with one attached hydrogen (secondary N) is 1. The maximum absolute atomic E-state index is 6.07. The minimum Gasteiger partial charge on any atom is -0.460 e. The van der Waals surface area contributed by atoms with Gasteiger partial charge in [-0.15, -0.1) is 0 Å². The largest absolute Gasteiger partial charge is 0.460 e. The Bertz CT molecular complexity index is 484. The minimum absolute atomic E-state index is 0.0418. The van der Waals surface area contributed by atoms with Gasteiger partial charge in [0.1, 0.15) is 17.3 Å². The maximum Gasteiger partial charge on any atom is 0.152 e. The van der Waals surface area contributed by atoms with Crippen LogP contribution in [0.1, 0.15) is 37.9 Å². The molecule has 0 radical (unpaired) electrons. The van der Waals surface area contributed by atoms with Gasteiger partial charge in [-0.2, -0.15) is 0 Å². The summed E-state index contributed by atoms with van der Waals surface area (Å²) in [6, 6.07) is 3.82. The predicted molar refractivity (Wildman–Crippen MR) is 67.4 cm³/mol. The van der Waals surface area contributed by atoms with E-state index >= 15 is 0 Å². The lowest BCUT2D eigenvalue weighted by Gasteiger charge is -2.10. The first-order valence-corrected chi connectivity index (χ1v) is 5.93. The molecule has 0 saturated carbocycles. The number of nitrogens with two attached hydrogens (primary N) is 1. The van der Waals surface area contributed by atoms with Crippen LogP contribution in [0.4, 0.5) is 0 Å². The van der Waals surface area contributed by atoms with Crippen LogP contribution in [0.25, 0.3) is 11.5 Å². The Labute approximate surface area is 101 Å². The average molecular weight is 233 g/mol. The standard InChI is InChI=1S/C13H19N3O/c1-8(2)6-10(14)13-15-7-11(16-13)12-5-4-9(3)17-12/h4-5,7-8,10H,6,14H2,1-3H3,(H,15,16). The van der Waals surface area contributed by atoms with Gasteiger partial charge >= 0.3 is 0 Å². The van der Waals surface area contributed by atoms with Crippen molar-refractivity contribution < 1.29 is 4.42 Å². The molecular formula is C13H19N3O. The van der Waals surface area contributed by atoms with E-state index in [1.807, 2.05) is 19.1 Å². The van der Waals surface area contributed by atoms with Gasteiger partial charge in [-0.1, -0.05) is 13.8 Å². The molecular weight excluding hydrogens is 214 g/mol. The maximum atomic E-state index is 6.07. The summed E-state index contributed by atoms with van der Waals surface area (Å²) in [6.07, 6.45) is 2.69. The molecule has 0 aliphatic carbocycles. The molecule has 0 saturated heterocycles. The van der Waals surface area contributed by atoms with Crippen molar-refractivity contribution in [3.63, 3.8) is 0 Å². The number of furan rings is 1. The highest BCUT2D eigenvalue weighted by molar-refractivity contribution is 5.51. The Hall–Kier alpha value is -1.55. The number of aromatic amines is 1. The number of H-pyrrole nitrogens is 1. The van der Waals surface area contributed by atoms with Crippen molar-refractivity contribution in [1.29, 1.82) is 0 Å². The van der Waals surface area contributed by atoms with Crippen molar-refractivity contribution in [1.82, 2.24) is 9.97 Å². The molecule has 2 rings (SSSR count). The summed E-state index contributed by atoms with van der Waals surface area (Å²) >= 11 is 0. The predicted octanol–water partition coefficient (Wildman–Crippen LogP) is 3.02. The van der Waals surface area contributed by atoms with Crippen LogP contribution in [0.2, 0.25) is 0 Å². The van der Waals surface area contributed by atoms with Gasteiger partial charge in [0, 0.05) is 0 Å². The summed E-state index contributed by atoms with van der Waals surface area (Å²) in [5.74, 6) is 3.08. The SMILES string of the molecule is Cc1ccc(-c2cnc(C(N)CC(C)C)[nH]2)o1. The van der Waals surface area contributed by atoms with E-state index in [4.69, 9.17) is 10.2 Å². The van der Waals surface area contributed by atoms with E-state index in [0.29, 0.717) is 5.92 Å². The number of aryl methyl sites for hydroxylation is 1. The topological polar surface area (TPSA) is 67.8 Å². The van der Waals surface area contributed by atoms with Gasteiger partial charge in [-0.25, -0.2) is 4.98 Å². The van der Waals surface area contributed by atoms with Gasteiger partial charge in [-0.05, 0) is 31.4 Å². The Morgan fingerprint density at radius 1 is 1.41 bits per heavy atom. The van der Waals surface area contributed by atoms with Gasteiger partial charge in [0.05, 0.1) is 12.2 Å². The fourth-order valence-corrected chi connectivity index (χ4v) is 1.85. The van der Waals surface area contributed by atoms with Crippen LogP contribution in [0, 0.1) is 12.8 Å². The third-order valence-corrected chi connectivity index (χ3v) is 2.68. The summed E-state index contributed by atoms with van der Waals surface area (Å²) in [4.78, 5) is 7.53. The molecule has 2 aromatic heterocycles. The number of hydrogen-bond acceptors (Lipinski definition) is 3. The summed E-state index contributed by atoms with van der Waals surface area (Å²) in [6.45, 7) is 6.23. The lowest BCUT2D eigenvalue weighted by atomic mass is 10.0. The number of hydrogen-bond donors (Lipinski definition) is 2. The van der Waals surface area contributed by atoms with Crippen LogP contribution in [0.15, 0.2) is 22.7 Å². The van der Waals surface area contributed by atoms with Crippen molar-refractivity contribution in [2.24, 2.45) is 11.7 Å². The van der Waals surface area contributed by atoms with Crippen molar-refractivity contribution in [3.8, 4) is 11.5 Å². The van der Waals surface area contributed by atoms with Crippen LogP contribution in [-0.2, 0) is 0 Å². The Morgan fingerprint density at radius 2 is 2.18 bits per heavy atom. The van der Waals surface area contributed by atoms with E-state index < -0.39 is 0 Å². The Morgan fingerprint density at radius 3 is 2.76 bits per heavy atom. The first-order valence-electron chi connectivity index (χ1n) is 5.93. The fourth-order valence-electron chi connectivity index (χ4n) is 1.85. The van der Waals surface area contributed by atoms with E-state index in [1.54, 1.807) is 6.20 Å². The third-order valence-electron chi connectivity index (χ3n) is 2.68. The molecule has 0 spiro atoms. The first kappa shape index (κ1) is 11.9. The normalized spacial score (nSPS) is 13.2. The summed E-state index contributed by atoms with van der Waals surface area (Å²) in [5, 5.41) is 0. The smallest absolute Gasteiger partial charge is 0.152 e. The van der Waals surface area contributed by atoms with Gasteiger partial charge in [-0.3, -0.25) is 0 Å². The van der Waals surface area contributed by atoms with E-state index in [-0.39, 0.29) is 6.04 Å². The molecule has 0 aliphatic rings. The Balaban J connectivity index is 2.15. The van der Waals surface area contributed by atoms with E-state index in [2.05, 4.69) is 23.8 Å². The lowest BCUT2D eigenvalue weighted by molar-refractivity contribution is 0.495. The molecule has 92 valence electrons. The molecule has 3 N–H and O–H groups in total. The van der Waals surface area contributed by atoms with Crippen molar-refractivity contribution >= 4 is 0 Å². The summed E-state index contributed by atoms with van der Waals surface area (Å²) in [5.41, 5.74) is 6.95.